The summed E-state index contributed by atoms with van der Waals surface area (Å²) in [6.07, 6.45) is 0. The van der Waals surface area contributed by atoms with Gasteiger partial charge in [0.2, 0.25) is 0 Å². The number of hydrogen-bond donors (Lipinski definition) is 2. The van der Waals surface area contributed by atoms with Gasteiger partial charge in [0.25, 0.3) is 0 Å². The van der Waals surface area contributed by atoms with Crippen molar-refractivity contribution in [3.05, 3.63) is 48.0 Å². The van der Waals surface area contributed by atoms with Crippen LogP contribution in [0.3, 0.4) is 0 Å². The number of rotatable bonds is 4. The number of nitrogens with one attached hydrogen (secondary N) is 1. The number of hydrogen-bond acceptors (Lipinski definition) is 3. The molecule has 3 nitrogen and oxygen atoms in total. The van der Waals surface area contributed by atoms with E-state index in [1.165, 1.54) is 5.56 Å². The minimum absolute atomic E-state index is 0.454. The standard InChI is InChI=1S/C16H20N2O/c1-11(2)13-6-4-5-7-15(13)18-16-10-12(19-3)8-9-14(16)17/h4-11,18H,17H2,1-3H3. The molecule has 100 valence electrons. The summed E-state index contributed by atoms with van der Waals surface area (Å²) in [5.74, 6) is 1.24. The molecule has 0 atom stereocenters. The molecule has 2 aromatic rings. The summed E-state index contributed by atoms with van der Waals surface area (Å²) in [7, 11) is 1.65. The average molecular weight is 256 g/mol. The third kappa shape index (κ3) is 2.99. The largest absolute Gasteiger partial charge is 0.497 e. The molecule has 3 N–H and O–H groups in total. The van der Waals surface area contributed by atoms with Gasteiger partial charge in [-0.05, 0) is 29.7 Å². The van der Waals surface area contributed by atoms with Crippen molar-refractivity contribution in [3.63, 3.8) is 0 Å². The number of para-hydroxylation sites is 1. The van der Waals surface area contributed by atoms with E-state index in [1.54, 1.807) is 7.11 Å². The van der Waals surface area contributed by atoms with Crippen molar-refractivity contribution in [2.24, 2.45) is 0 Å². The summed E-state index contributed by atoms with van der Waals surface area (Å²) < 4.78 is 5.23. The summed E-state index contributed by atoms with van der Waals surface area (Å²) in [5, 5.41) is 3.39. The first-order chi connectivity index (χ1) is 9.11. The molecule has 0 aliphatic heterocycles. The monoisotopic (exact) mass is 256 g/mol. The minimum Gasteiger partial charge on any atom is -0.497 e. The van der Waals surface area contributed by atoms with Gasteiger partial charge in [0.1, 0.15) is 5.75 Å². The maximum atomic E-state index is 6.00. The zero-order chi connectivity index (χ0) is 13.8. The van der Waals surface area contributed by atoms with Crippen molar-refractivity contribution < 1.29 is 4.74 Å². The minimum atomic E-state index is 0.454. The van der Waals surface area contributed by atoms with Gasteiger partial charge in [-0.2, -0.15) is 0 Å². The highest BCUT2D eigenvalue weighted by Gasteiger charge is 2.08. The van der Waals surface area contributed by atoms with Gasteiger partial charge in [0.05, 0.1) is 18.5 Å². The number of ether oxygens (including phenoxy) is 1. The van der Waals surface area contributed by atoms with Crippen molar-refractivity contribution in [1.82, 2.24) is 0 Å². The van der Waals surface area contributed by atoms with E-state index in [2.05, 4.69) is 37.4 Å². The predicted octanol–water partition coefficient (Wildman–Crippen LogP) is 4.14. The average Bonchev–Trinajstić information content (AvgIpc) is 2.41. The molecule has 0 aliphatic rings. The van der Waals surface area contributed by atoms with Crippen LogP contribution in [-0.4, -0.2) is 7.11 Å². The van der Waals surface area contributed by atoms with E-state index in [9.17, 15) is 0 Å². The van der Waals surface area contributed by atoms with Crippen LogP contribution in [0.1, 0.15) is 25.3 Å². The molecular weight excluding hydrogens is 236 g/mol. The van der Waals surface area contributed by atoms with Gasteiger partial charge in [0.15, 0.2) is 0 Å². The first kappa shape index (κ1) is 13.3. The second-order valence-electron chi connectivity index (χ2n) is 4.82. The van der Waals surface area contributed by atoms with Crippen molar-refractivity contribution >= 4 is 17.1 Å². The van der Waals surface area contributed by atoms with Gasteiger partial charge in [-0.3, -0.25) is 0 Å². The Balaban J connectivity index is 2.36. The lowest BCUT2D eigenvalue weighted by Crippen LogP contribution is -2.00. The van der Waals surface area contributed by atoms with E-state index in [0.717, 1.165) is 17.1 Å². The quantitative estimate of drug-likeness (QED) is 0.808. The Kier molecular flexibility index (Phi) is 3.95. The van der Waals surface area contributed by atoms with Gasteiger partial charge >= 0.3 is 0 Å². The lowest BCUT2D eigenvalue weighted by atomic mass is 10.0. The predicted molar refractivity (Wildman–Crippen MR) is 81.2 cm³/mol. The van der Waals surface area contributed by atoms with E-state index in [1.807, 2.05) is 24.3 Å². The summed E-state index contributed by atoms with van der Waals surface area (Å²) >= 11 is 0. The number of nitrogen functional groups attached to an aromatic ring is 1. The Bertz CT molecular complexity index is 564. The third-order valence-corrected chi connectivity index (χ3v) is 3.11. The highest BCUT2D eigenvalue weighted by atomic mass is 16.5. The topological polar surface area (TPSA) is 47.3 Å². The maximum Gasteiger partial charge on any atom is 0.121 e. The fourth-order valence-corrected chi connectivity index (χ4v) is 2.03. The number of nitrogens with two attached hydrogens (primary N) is 1. The zero-order valence-electron chi connectivity index (χ0n) is 11.6. The fraction of sp³-hybridized carbons (Fsp3) is 0.250. The number of anilines is 3. The molecule has 0 aromatic heterocycles. The molecule has 0 heterocycles. The molecule has 19 heavy (non-hydrogen) atoms. The van der Waals surface area contributed by atoms with E-state index in [0.29, 0.717) is 11.6 Å². The molecule has 0 spiro atoms. The second-order valence-corrected chi connectivity index (χ2v) is 4.82. The molecule has 0 unspecified atom stereocenters. The highest BCUT2D eigenvalue weighted by molar-refractivity contribution is 5.75. The highest BCUT2D eigenvalue weighted by Crippen LogP contribution is 2.31. The van der Waals surface area contributed by atoms with Crippen molar-refractivity contribution in [3.8, 4) is 5.75 Å². The molecule has 3 heteroatoms. The number of methoxy groups -OCH3 is 1. The van der Waals surface area contributed by atoms with E-state index in [-0.39, 0.29) is 0 Å². The van der Waals surface area contributed by atoms with Crippen LogP contribution in [-0.2, 0) is 0 Å². The first-order valence-electron chi connectivity index (χ1n) is 6.41. The van der Waals surface area contributed by atoms with E-state index < -0.39 is 0 Å². The Morgan fingerprint density at radius 2 is 1.79 bits per heavy atom. The molecule has 0 saturated carbocycles. The molecular formula is C16H20N2O. The first-order valence-corrected chi connectivity index (χ1v) is 6.41. The SMILES string of the molecule is COc1ccc(N)c(Nc2ccccc2C(C)C)c1. The number of benzene rings is 2. The fourth-order valence-electron chi connectivity index (χ4n) is 2.03. The van der Waals surface area contributed by atoms with Gasteiger partial charge in [-0.1, -0.05) is 32.0 Å². The lowest BCUT2D eigenvalue weighted by Gasteiger charge is -2.16. The van der Waals surface area contributed by atoms with Gasteiger partial charge in [-0.15, -0.1) is 0 Å². The molecule has 0 aliphatic carbocycles. The molecule has 0 amide bonds. The summed E-state index contributed by atoms with van der Waals surface area (Å²) in [5.41, 5.74) is 9.93. The van der Waals surface area contributed by atoms with E-state index >= 15 is 0 Å². The van der Waals surface area contributed by atoms with Gasteiger partial charge < -0.3 is 15.8 Å². The van der Waals surface area contributed by atoms with Crippen LogP contribution >= 0.6 is 0 Å². The molecule has 0 fully saturated rings. The summed E-state index contributed by atoms with van der Waals surface area (Å²) in [4.78, 5) is 0. The Morgan fingerprint density at radius 1 is 1.05 bits per heavy atom. The Labute approximate surface area is 114 Å². The lowest BCUT2D eigenvalue weighted by molar-refractivity contribution is 0.415. The maximum absolute atomic E-state index is 6.00. The van der Waals surface area contributed by atoms with Crippen LogP contribution in [0.25, 0.3) is 0 Å². The summed E-state index contributed by atoms with van der Waals surface area (Å²) in [6, 6.07) is 13.9. The Morgan fingerprint density at radius 3 is 2.47 bits per heavy atom. The molecule has 0 saturated heterocycles. The van der Waals surface area contributed by atoms with Crippen molar-refractivity contribution in [1.29, 1.82) is 0 Å². The van der Waals surface area contributed by atoms with Crippen molar-refractivity contribution in [2.45, 2.75) is 19.8 Å². The summed E-state index contributed by atoms with van der Waals surface area (Å²) in [6.45, 7) is 4.35. The van der Waals surface area contributed by atoms with Crippen molar-refractivity contribution in [2.75, 3.05) is 18.2 Å². The van der Waals surface area contributed by atoms with Crippen LogP contribution in [0.5, 0.6) is 5.75 Å². The molecule has 2 rings (SSSR count). The Hall–Kier alpha value is -2.16. The van der Waals surface area contributed by atoms with Crippen LogP contribution in [0, 0.1) is 0 Å². The van der Waals surface area contributed by atoms with Crippen LogP contribution in [0.4, 0.5) is 17.1 Å². The van der Waals surface area contributed by atoms with Crippen LogP contribution in [0.15, 0.2) is 42.5 Å². The van der Waals surface area contributed by atoms with Gasteiger partial charge in [0, 0.05) is 11.8 Å². The normalized spacial score (nSPS) is 10.5. The van der Waals surface area contributed by atoms with Crippen LogP contribution in [0.2, 0.25) is 0 Å². The van der Waals surface area contributed by atoms with Gasteiger partial charge in [-0.25, -0.2) is 0 Å². The molecule has 2 aromatic carbocycles. The third-order valence-electron chi connectivity index (χ3n) is 3.11. The zero-order valence-corrected chi connectivity index (χ0v) is 11.6. The molecule has 0 bridgehead atoms. The smallest absolute Gasteiger partial charge is 0.121 e. The van der Waals surface area contributed by atoms with Crippen LogP contribution < -0.4 is 15.8 Å². The molecule has 0 radical (unpaired) electrons. The van der Waals surface area contributed by atoms with E-state index in [4.69, 9.17) is 10.5 Å². The second kappa shape index (κ2) is 5.65.